The number of sulfonamides is 1. The van der Waals surface area contributed by atoms with Gasteiger partial charge < -0.3 is 5.32 Å². The van der Waals surface area contributed by atoms with Crippen molar-refractivity contribution in [1.82, 2.24) is 4.72 Å². The van der Waals surface area contributed by atoms with E-state index in [9.17, 15) is 13.2 Å². The van der Waals surface area contributed by atoms with Crippen LogP contribution >= 0.6 is 15.9 Å². The molecule has 1 amide bonds. The van der Waals surface area contributed by atoms with Crippen LogP contribution in [-0.4, -0.2) is 21.4 Å². The van der Waals surface area contributed by atoms with Crippen molar-refractivity contribution in [2.24, 2.45) is 0 Å². The minimum Gasteiger partial charge on any atom is -0.322 e. The third kappa shape index (κ3) is 4.19. The number of rotatable bonds is 5. The number of benzene rings is 2. The van der Waals surface area contributed by atoms with Crippen molar-refractivity contribution in [3.63, 3.8) is 0 Å². The number of carbonyl (C=O) groups is 1. The van der Waals surface area contributed by atoms with Crippen molar-refractivity contribution < 1.29 is 13.2 Å². The Hall–Kier alpha value is -1.70. The summed E-state index contributed by atoms with van der Waals surface area (Å²) in [5, 5.41) is 2.76. The molecule has 0 aliphatic heterocycles. The third-order valence-corrected chi connectivity index (χ3v) is 5.49. The van der Waals surface area contributed by atoms with Crippen LogP contribution in [0.4, 0.5) is 5.69 Å². The van der Waals surface area contributed by atoms with Crippen LogP contribution in [0, 0.1) is 0 Å². The van der Waals surface area contributed by atoms with Gasteiger partial charge in [-0.05, 0) is 65.3 Å². The van der Waals surface area contributed by atoms with Gasteiger partial charge in [-0.15, -0.1) is 0 Å². The number of hydrogen-bond donors (Lipinski definition) is 2. The summed E-state index contributed by atoms with van der Waals surface area (Å²) in [6.07, 6.45) is 0.920. The van der Waals surface area contributed by atoms with Crippen LogP contribution in [0.3, 0.4) is 0 Å². The van der Waals surface area contributed by atoms with Crippen molar-refractivity contribution in [2.75, 3.05) is 12.4 Å². The number of carbonyl (C=O) groups excluding carboxylic acids is 1. The van der Waals surface area contributed by atoms with Crippen LogP contribution in [0.25, 0.3) is 0 Å². The Morgan fingerprint density at radius 3 is 2.35 bits per heavy atom. The average Bonchev–Trinajstić information content (AvgIpc) is 2.55. The summed E-state index contributed by atoms with van der Waals surface area (Å²) in [7, 11) is -2.28. The van der Waals surface area contributed by atoms with Gasteiger partial charge in [-0.25, -0.2) is 13.1 Å². The standard InChI is InChI=1S/C16H17BrN2O3S/c1-3-11-4-6-12(7-5-11)19-16(20)14-10-13(8-9-15(14)17)23(21,22)18-2/h4-10,18H,3H2,1-2H3,(H,19,20). The molecule has 0 fully saturated rings. The number of aryl methyl sites for hydroxylation is 1. The van der Waals surface area contributed by atoms with E-state index in [1.165, 1.54) is 24.7 Å². The second-order valence-electron chi connectivity index (χ2n) is 4.85. The molecular formula is C16H17BrN2O3S. The molecule has 2 aromatic rings. The Labute approximate surface area is 144 Å². The lowest BCUT2D eigenvalue weighted by Crippen LogP contribution is -2.20. The lowest BCUT2D eigenvalue weighted by atomic mass is 10.1. The molecule has 0 aromatic heterocycles. The summed E-state index contributed by atoms with van der Waals surface area (Å²) in [4.78, 5) is 12.4. The third-order valence-electron chi connectivity index (χ3n) is 3.38. The van der Waals surface area contributed by atoms with Crippen LogP contribution < -0.4 is 10.0 Å². The normalized spacial score (nSPS) is 11.3. The van der Waals surface area contributed by atoms with Crippen molar-refractivity contribution in [2.45, 2.75) is 18.2 Å². The molecule has 0 atom stereocenters. The first-order valence-corrected chi connectivity index (χ1v) is 9.28. The molecule has 2 rings (SSSR count). The molecule has 7 heteroatoms. The van der Waals surface area contributed by atoms with Gasteiger partial charge >= 0.3 is 0 Å². The van der Waals surface area contributed by atoms with Gasteiger partial charge in [0.05, 0.1) is 10.5 Å². The Bertz CT molecular complexity index is 818. The largest absolute Gasteiger partial charge is 0.322 e. The smallest absolute Gasteiger partial charge is 0.256 e. The first-order chi connectivity index (χ1) is 10.9. The minimum absolute atomic E-state index is 0.0367. The number of nitrogens with one attached hydrogen (secondary N) is 2. The Morgan fingerprint density at radius 2 is 1.78 bits per heavy atom. The van der Waals surface area contributed by atoms with Crippen LogP contribution in [0.2, 0.25) is 0 Å². The Kier molecular flexibility index (Phi) is 5.56. The van der Waals surface area contributed by atoms with E-state index in [-0.39, 0.29) is 16.4 Å². The SMILES string of the molecule is CCc1ccc(NC(=O)c2cc(S(=O)(=O)NC)ccc2Br)cc1. The topological polar surface area (TPSA) is 75.3 Å². The van der Waals surface area contributed by atoms with Gasteiger partial charge in [-0.3, -0.25) is 4.79 Å². The monoisotopic (exact) mass is 396 g/mol. The molecule has 122 valence electrons. The van der Waals surface area contributed by atoms with E-state index in [0.717, 1.165) is 6.42 Å². The highest BCUT2D eigenvalue weighted by atomic mass is 79.9. The van der Waals surface area contributed by atoms with Crippen LogP contribution in [0.5, 0.6) is 0 Å². The molecule has 0 radical (unpaired) electrons. The molecule has 0 saturated heterocycles. The summed E-state index contributed by atoms with van der Waals surface area (Å²) >= 11 is 3.28. The second kappa shape index (κ2) is 7.25. The molecule has 0 heterocycles. The van der Waals surface area contributed by atoms with Gasteiger partial charge in [-0.2, -0.15) is 0 Å². The molecule has 0 unspecified atom stereocenters. The fourth-order valence-electron chi connectivity index (χ4n) is 1.99. The van der Waals surface area contributed by atoms with Gasteiger partial charge in [0.2, 0.25) is 10.0 Å². The van der Waals surface area contributed by atoms with Gasteiger partial charge in [0.25, 0.3) is 5.91 Å². The lowest BCUT2D eigenvalue weighted by Gasteiger charge is -2.10. The number of hydrogen-bond acceptors (Lipinski definition) is 3. The number of anilines is 1. The van der Waals surface area contributed by atoms with Crippen LogP contribution in [-0.2, 0) is 16.4 Å². The Balaban J connectivity index is 2.29. The zero-order valence-electron chi connectivity index (χ0n) is 12.8. The molecule has 23 heavy (non-hydrogen) atoms. The summed E-state index contributed by atoms with van der Waals surface area (Å²) in [5.41, 5.74) is 2.08. The van der Waals surface area contributed by atoms with Crippen LogP contribution in [0.1, 0.15) is 22.8 Å². The molecule has 2 N–H and O–H groups in total. The van der Waals surface area contributed by atoms with Crippen molar-refractivity contribution >= 4 is 37.5 Å². The highest BCUT2D eigenvalue weighted by Gasteiger charge is 2.17. The molecule has 2 aromatic carbocycles. The van der Waals surface area contributed by atoms with E-state index in [2.05, 4.69) is 32.9 Å². The van der Waals surface area contributed by atoms with Crippen molar-refractivity contribution in [1.29, 1.82) is 0 Å². The molecule has 0 bridgehead atoms. The molecular weight excluding hydrogens is 380 g/mol. The van der Waals surface area contributed by atoms with E-state index in [1.54, 1.807) is 6.07 Å². The van der Waals surface area contributed by atoms with E-state index < -0.39 is 10.0 Å². The van der Waals surface area contributed by atoms with Crippen molar-refractivity contribution in [3.05, 3.63) is 58.1 Å². The molecule has 5 nitrogen and oxygen atoms in total. The highest BCUT2D eigenvalue weighted by molar-refractivity contribution is 9.10. The maximum Gasteiger partial charge on any atom is 0.256 e. The van der Waals surface area contributed by atoms with E-state index in [0.29, 0.717) is 10.2 Å². The van der Waals surface area contributed by atoms with E-state index >= 15 is 0 Å². The zero-order valence-corrected chi connectivity index (χ0v) is 15.2. The number of halogens is 1. The maximum atomic E-state index is 12.4. The van der Waals surface area contributed by atoms with Crippen molar-refractivity contribution in [3.8, 4) is 0 Å². The summed E-state index contributed by atoms with van der Waals surface area (Å²) < 4.78 is 26.5. The molecule has 0 saturated carbocycles. The summed E-state index contributed by atoms with van der Waals surface area (Å²) in [6.45, 7) is 2.05. The van der Waals surface area contributed by atoms with E-state index in [1.807, 2.05) is 24.3 Å². The Morgan fingerprint density at radius 1 is 1.13 bits per heavy atom. The summed E-state index contributed by atoms with van der Waals surface area (Å²) in [5.74, 6) is -0.380. The highest BCUT2D eigenvalue weighted by Crippen LogP contribution is 2.22. The quantitative estimate of drug-likeness (QED) is 0.814. The van der Waals surface area contributed by atoms with Crippen LogP contribution in [0.15, 0.2) is 51.8 Å². The first kappa shape index (κ1) is 17.7. The van der Waals surface area contributed by atoms with Gasteiger partial charge in [0.15, 0.2) is 0 Å². The summed E-state index contributed by atoms with van der Waals surface area (Å²) in [6, 6.07) is 11.8. The predicted octanol–water partition coefficient (Wildman–Crippen LogP) is 3.17. The maximum absolute atomic E-state index is 12.4. The molecule has 0 spiro atoms. The zero-order chi connectivity index (χ0) is 17.0. The second-order valence-corrected chi connectivity index (χ2v) is 7.59. The number of amides is 1. The van der Waals surface area contributed by atoms with Gasteiger partial charge in [0.1, 0.15) is 0 Å². The minimum atomic E-state index is -3.60. The predicted molar refractivity (Wildman–Crippen MR) is 94.2 cm³/mol. The molecule has 0 aliphatic carbocycles. The van der Waals surface area contributed by atoms with Gasteiger partial charge in [-0.1, -0.05) is 19.1 Å². The fourth-order valence-corrected chi connectivity index (χ4v) is 3.17. The lowest BCUT2D eigenvalue weighted by molar-refractivity contribution is 0.102. The average molecular weight is 397 g/mol. The van der Waals surface area contributed by atoms with Gasteiger partial charge in [0, 0.05) is 10.2 Å². The molecule has 0 aliphatic rings. The van der Waals surface area contributed by atoms with E-state index in [4.69, 9.17) is 0 Å². The first-order valence-electron chi connectivity index (χ1n) is 7.00. The fraction of sp³-hybridized carbons (Fsp3) is 0.188.